The van der Waals surface area contributed by atoms with Gasteiger partial charge in [0.2, 0.25) is 5.91 Å². The Labute approximate surface area is 177 Å². The second-order valence-corrected chi connectivity index (χ2v) is 8.45. The van der Waals surface area contributed by atoms with E-state index in [-0.39, 0.29) is 29.8 Å². The van der Waals surface area contributed by atoms with Crippen molar-refractivity contribution in [2.45, 2.75) is 51.1 Å². The van der Waals surface area contributed by atoms with Gasteiger partial charge in [0.05, 0.1) is 12.0 Å². The van der Waals surface area contributed by atoms with Gasteiger partial charge < -0.3 is 15.0 Å². The summed E-state index contributed by atoms with van der Waals surface area (Å²) < 4.78 is 5.39. The number of ether oxygens (including phenoxy) is 1. The summed E-state index contributed by atoms with van der Waals surface area (Å²) in [6.45, 7) is 6.59. The fourth-order valence-corrected chi connectivity index (χ4v) is 4.65. The number of hydrogen-bond acceptors (Lipinski definition) is 5. The molecule has 1 atom stereocenters. The Morgan fingerprint density at radius 1 is 1.36 bits per heavy atom. The van der Waals surface area contributed by atoms with Crippen molar-refractivity contribution in [1.29, 1.82) is 0 Å². The number of piperidine rings is 1. The smallest absolute Gasteiger partial charge is 0.222 e. The molecule has 2 aromatic rings. The summed E-state index contributed by atoms with van der Waals surface area (Å²) in [5, 5.41) is 5.61. The molecule has 0 radical (unpaired) electrons. The summed E-state index contributed by atoms with van der Waals surface area (Å²) >= 11 is 1.71. The molecule has 1 aliphatic heterocycles. The third kappa shape index (κ3) is 5.04. The van der Waals surface area contributed by atoms with Gasteiger partial charge in [0, 0.05) is 42.9 Å². The molecular formula is C21H30ClN3O2S. The minimum atomic E-state index is -0.0913. The summed E-state index contributed by atoms with van der Waals surface area (Å²) in [5.74, 6) is 1.20. The van der Waals surface area contributed by atoms with Crippen LogP contribution in [0.1, 0.15) is 43.7 Å². The highest BCUT2D eigenvalue weighted by molar-refractivity contribution is 7.10. The maximum Gasteiger partial charge on any atom is 0.222 e. The van der Waals surface area contributed by atoms with E-state index >= 15 is 0 Å². The molecule has 0 saturated carbocycles. The lowest BCUT2D eigenvalue weighted by Crippen LogP contribution is -2.52. The topological polar surface area (TPSA) is 54.5 Å². The SMILES string of the molecule is COc1ccsc1CNCCC1(c2ccccn2)CCC(=O)N(C(C)C)C1.Cl. The highest BCUT2D eigenvalue weighted by Gasteiger charge is 2.41. The molecule has 154 valence electrons. The van der Waals surface area contributed by atoms with Gasteiger partial charge in [-0.3, -0.25) is 9.78 Å². The first-order valence-corrected chi connectivity index (χ1v) is 10.5. The Hall–Kier alpha value is -1.63. The first-order chi connectivity index (χ1) is 13.1. The number of likely N-dealkylation sites (tertiary alicyclic amines) is 1. The van der Waals surface area contributed by atoms with Crippen LogP contribution in [0.25, 0.3) is 0 Å². The second-order valence-electron chi connectivity index (χ2n) is 7.45. The number of pyridine rings is 1. The number of aromatic nitrogens is 1. The second kappa shape index (κ2) is 10.2. The summed E-state index contributed by atoms with van der Waals surface area (Å²) in [5.41, 5.74) is 1.00. The minimum Gasteiger partial charge on any atom is -0.496 e. The van der Waals surface area contributed by atoms with Gasteiger partial charge in [-0.1, -0.05) is 6.07 Å². The zero-order valence-electron chi connectivity index (χ0n) is 16.8. The molecule has 0 aromatic carbocycles. The highest BCUT2D eigenvalue weighted by Crippen LogP contribution is 2.37. The average molecular weight is 424 g/mol. The number of nitrogens with one attached hydrogen (secondary N) is 1. The van der Waals surface area contributed by atoms with Crippen LogP contribution in [0.4, 0.5) is 0 Å². The fraction of sp³-hybridized carbons (Fsp3) is 0.524. The maximum atomic E-state index is 12.4. The van der Waals surface area contributed by atoms with E-state index in [0.29, 0.717) is 6.42 Å². The standard InChI is InChI=1S/C21H29N3O2S.ClH/c1-16(2)24-15-21(9-7-20(24)25,19-6-4-5-11-23-19)10-12-22-14-18-17(26-3)8-13-27-18;/h4-6,8,11,13,16,22H,7,9-10,12,14-15H2,1-3H3;1H. The van der Waals surface area contributed by atoms with E-state index in [1.165, 1.54) is 4.88 Å². The van der Waals surface area contributed by atoms with Crippen LogP contribution in [0.2, 0.25) is 0 Å². The first kappa shape index (κ1) is 22.7. The summed E-state index contributed by atoms with van der Waals surface area (Å²) in [6, 6.07) is 8.32. The normalized spacial score (nSPS) is 19.6. The molecule has 7 heteroatoms. The molecule has 5 nitrogen and oxygen atoms in total. The van der Waals surface area contributed by atoms with Crippen molar-refractivity contribution in [2.24, 2.45) is 0 Å². The number of methoxy groups -OCH3 is 1. The predicted molar refractivity (Wildman–Crippen MR) is 116 cm³/mol. The van der Waals surface area contributed by atoms with Crippen molar-refractivity contribution in [3.05, 3.63) is 46.4 Å². The van der Waals surface area contributed by atoms with Crippen LogP contribution in [-0.4, -0.2) is 42.0 Å². The lowest BCUT2D eigenvalue weighted by Gasteiger charge is -2.44. The van der Waals surface area contributed by atoms with Crippen LogP contribution in [0, 0.1) is 0 Å². The number of nitrogens with zero attached hydrogens (tertiary/aromatic N) is 2. The van der Waals surface area contributed by atoms with Crippen molar-refractivity contribution in [3.8, 4) is 5.75 Å². The van der Waals surface area contributed by atoms with Crippen LogP contribution >= 0.6 is 23.7 Å². The quantitative estimate of drug-likeness (QED) is 0.651. The lowest BCUT2D eigenvalue weighted by atomic mass is 9.73. The van der Waals surface area contributed by atoms with Gasteiger partial charge >= 0.3 is 0 Å². The number of halogens is 1. The average Bonchev–Trinajstić information content (AvgIpc) is 3.14. The van der Waals surface area contributed by atoms with E-state index < -0.39 is 0 Å². The fourth-order valence-electron chi connectivity index (χ4n) is 3.84. The number of carbonyl (C=O) groups is 1. The predicted octanol–water partition coefficient (Wildman–Crippen LogP) is 4.02. The van der Waals surface area contributed by atoms with Gasteiger partial charge in [-0.25, -0.2) is 0 Å². The van der Waals surface area contributed by atoms with Crippen LogP contribution in [0.5, 0.6) is 5.75 Å². The summed E-state index contributed by atoms with van der Waals surface area (Å²) in [6.07, 6.45) is 4.26. The van der Waals surface area contributed by atoms with Gasteiger partial charge in [0.1, 0.15) is 5.75 Å². The Bertz CT molecular complexity index is 753. The number of thiophene rings is 1. The Kier molecular flexibility index (Phi) is 8.28. The molecule has 1 unspecified atom stereocenters. The summed E-state index contributed by atoms with van der Waals surface area (Å²) in [4.78, 5) is 20.3. The van der Waals surface area contributed by atoms with E-state index in [4.69, 9.17) is 4.74 Å². The molecule has 1 saturated heterocycles. The molecule has 2 aromatic heterocycles. The highest BCUT2D eigenvalue weighted by atomic mass is 35.5. The van der Waals surface area contributed by atoms with E-state index in [2.05, 4.69) is 35.6 Å². The van der Waals surface area contributed by atoms with Crippen LogP contribution in [0.3, 0.4) is 0 Å². The van der Waals surface area contributed by atoms with Gasteiger partial charge in [-0.15, -0.1) is 23.7 Å². The molecule has 1 fully saturated rings. The molecule has 3 rings (SSSR count). The molecule has 1 amide bonds. The molecule has 3 heterocycles. The maximum absolute atomic E-state index is 12.4. The molecule has 0 aliphatic carbocycles. The monoisotopic (exact) mass is 423 g/mol. The van der Waals surface area contributed by atoms with Crippen molar-refractivity contribution < 1.29 is 9.53 Å². The Morgan fingerprint density at radius 2 is 2.18 bits per heavy atom. The Morgan fingerprint density at radius 3 is 2.86 bits per heavy atom. The van der Waals surface area contributed by atoms with Crippen molar-refractivity contribution in [1.82, 2.24) is 15.2 Å². The minimum absolute atomic E-state index is 0. The zero-order chi connectivity index (χ0) is 19.3. The zero-order valence-corrected chi connectivity index (χ0v) is 18.4. The molecule has 0 bridgehead atoms. The number of hydrogen-bond donors (Lipinski definition) is 1. The van der Waals surface area contributed by atoms with E-state index in [9.17, 15) is 4.79 Å². The van der Waals surface area contributed by atoms with E-state index in [0.717, 1.165) is 43.9 Å². The third-order valence-corrected chi connectivity index (χ3v) is 6.33. The lowest BCUT2D eigenvalue weighted by molar-refractivity contribution is -0.137. The molecule has 1 aliphatic rings. The van der Waals surface area contributed by atoms with Gasteiger partial charge in [0.15, 0.2) is 0 Å². The molecule has 1 N–H and O–H groups in total. The third-order valence-electron chi connectivity index (χ3n) is 5.43. The van der Waals surface area contributed by atoms with Crippen molar-refractivity contribution in [2.75, 3.05) is 20.2 Å². The Balaban J connectivity index is 0.00000280. The van der Waals surface area contributed by atoms with Crippen LogP contribution in [-0.2, 0) is 16.8 Å². The molecule has 0 spiro atoms. The number of rotatable bonds is 8. The van der Waals surface area contributed by atoms with E-state index in [1.807, 2.05) is 29.3 Å². The van der Waals surface area contributed by atoms with Gasteiger partial charge in [-0.2, -0.15) is 0 Å². The largest absolute Gasteiger partial charge is 0.496 e. The van der Waals surface area contributed by atoms with E-state index in [1.54, 1.807) is 18.4 Å². The number of amides is 1. The summed E-state index contributed by atoms with van der Waals surface area (Å²) in [7, 11) is 1.71. The molecule has 28 heavy (non-hydrogen) atoms. The number of carbonyl (C=O) groups excluding carboxylic acids is 1. The van der Waals surface area contributed by atoms with Gasteiger partial charge in [0.25, 0.3) is 0 Å². The van der Waals surface area contributed by atoms with Crippen molar-refractivity contribution >= 4 is 29.7 Å². The van der Waals surface area contributed by atoms with Crippen LogP contribution < -0.4 is 10.1 Å². The van der Waals surface area contributed by atoms with Crippen LogP contribution in [0.15, 0.2) is 35.8 Å². The van der Waals surface area contributed by atoms with Crippen molar-refractivity contribution in [3.63, 3.8) is 0 Å². The van der Waals surface area contributed by atoms with Gasteiger partial charge in [-0.05, 0) is 56.8 Å². The first-order valence-electron chi connectivity index (χ1n) is 9.58. The molecular weight excluding hydrogens is 394 g/mol.